The molecule has 1 spiro atoms. The van der Waals surface area contributed by atoms with Gasteiger partial charge in [0.15, 0.2) is 0 Å². The van der Waals surface area contributed by atoms with Crippen LogP contribution in [0.15, 0.2) is 0 Å². The summed E-state index contributed by atoms with van der Waals surface area (Å²) < 4.78 is 0. The Balaban J connectivity index is 1.98. The first-order valence-electron chi connectivity index (χ1n) is 6.64. The summed E-state index contributed by atoms with van der Waals surface area (Å²) in [4.78, 5) is 13.3. The van der Waals surface area contributed by atoms with Crippen molar-refractivity contribution in [1.82, 2.24) is 4.90 Å². The van der Waals surface area contributed by atoms with E-state index >= 15 is 0 Å². The van der Waals surface area contributed by atoms with Crippen LogP contribution >= 0.6 is 0 Å². The van der Waals surface area contributed by atoms with Crippen LogP contribution in [-0.4, -0.2) is 35.1 Å². The molecule has 0 bridgehead atoms. The third kappa shape index (κ3) is 2.24. The minimum atomic E-state index is -0.643. The molecule has 1 heterocycles. The number of carbonyl (C=O) groups is 1. The van der Waals surface area contributed by atoms with E-state index < -0.39 is 5.97 Å². The quantitative estimate of drug-likeness (QED) is 0.802. The summed E-state index contributed by atoms with van der Waals surface area (Å²) in [6.07, 6.45) is 8.65. The van der Waals surface area contributed by atoms with Gasteiger partial charge in [0, 0.05) is 6.54 Å². The zero-order valence-corrected chi connectivity index (χ0v) is 10.2. The number of nitrogens with zero attached hydrogens (tertiary/aromatic N) is 1. The molecule has 1 unspecified atom stereocenters. The number of carboxylic acids is 1. The first-order valence-corrected chi connectivity index (χ1v) is 6.64. The summed E-state index contributed by atoms with van der Waals surface area (Å²) in [6, 6.07) is -0.249. The molecule has 0 radical (unpaired) electrons. The first kappa shape index (κ1) is 11.9. The second-order valence-corrected chi connectivity index (χ2v) is 5.54. The predicted octanol–water partition coefficient (Wildman–Crippen LogP) is 2.51. The van der Waals surface area contributed by atoms with Gasteiger partial charge in [0.2, 0.25) is 0 Å². The molecule has 3 nitrogen and oxygen atoms in total. The molecule has 1 aliphatic heterocycles. The van der Waals surface area contributed by atoms with E-state index in [9.17, 15) is 9.90 Å². The van der Waals surface area contributed by atoms with Gasteiger partial charge in [-0.3, -0.25) is 9.69 Å². The van der Waals surface area contributed by atoms with Gasteiger partial charge in [-0.1, -0.05) is 26.2 Å². The highest BCUT2D eigenvalue weighted by Gasteiger charge is 2.41. The lowest BCUT2D eigenvalue weighted by Gasteiger charge is -2.34. The van der Waals surface area contributed by atoms with Gasteiger partial charge in [0.1, 0.15) is 6.04 Å². The van der Waals surface area contributed by atoms with Crippen LogP contribution in [0.1, 0.15) is 51.9 Å². The Labute approximate surface area is 97.8 Å². The van der Waals surface area contributed by atoms with E-state index in [1.807, 2.05) is 6.92 Å². The van der Waals surface area contributed by atoms with Crippen LogP contribution in [0.5, 0.6) is 0 Å². The highest BCUT2D eigenvalue weighted by molar-refractivity contribution is 5.73. The van der Waals surface area contributed by atoms with Gasteiger partial charge in [-0.05, 0) is 37.6 Å². The fourth-order valence-electron chi connectivity index (χ4n) is 3.53. The van der Waals surface area contributed by atoms with E-state index in [1.54, 1.807) is 0 Å². The molecular weight excluding hydrogens is 202 g/mol. The second kappa shape index (κ2) is 4.74. The molecule has 16 heavy (non-hydrogen) atoms. The van der Waals surface area contributed by atoms with Gasteiger partial charge >= 0.3 is 5.97 Å². The molecule has 1 saturated heterocycles. The van der Waals surface area contributed by atoms with Crippen molar-refractivity contribution in [2.24, 2.45) is 5.41 Å². The Morgan fingerprint density at radius 1 is 1.31 bits per heavy atom. The van der Waals surface area contributed by atoms with Crippen LogP contribution in [-0.2, 0) is 4.79 Å². The topological polar surface area (TPSA) is 40.5 Å². The van der Waals surface area contributed by atoms with Crippen molar-refractivity contribution < 1.29 is 9.90 Å². The van der Waals surface area contributed by atoms with Crippen molar-refractivity contribution in [3.05, 3.63) is 0 Å². The van der Waals surface area contributed by atoms with Crippen molar-refractivity contribution in [1.29, 1.82) is 0 Å². The van der Waals surface area contributed by atoms with E-state index in [1.165, 1.54) is 38.5 Å². The molecule has 2 aliphatic rings. The van der Waals surface area contributed by atoms with Gasteiger partial charge < -0.3 is 5.11 Å². The number of hydrogen-bond donors (Lipinski definition) is 1. The minimum absolute atomic E-state index is 0.249. The van der Waals surface area contributed by atoms with Crippen LogP contribution in [0.2, 0.25) is 0 Å². The van der Waals surface area contributed by atoms with Crippen LogP contribution in [0.25, 0.3) is 0 Å². The second-order valence-electron chi connectivity index (χ2n) is 5.54. The molecule has 1 saturated carbocycles. The molecule has 0 aromatic carbocycles. The predicted molar refractivity (Wildman–Crippen MR) is 63.4 cm³/mol. The van der Waals surface area contributed by atoms with Gasteiger partial charge in [-0.25, -0.2) is 0 Å². The monoisotopic (exact) mass is 225 g/mol. The fraction of sp³-hybridized carbons (Fsp3) is 0.923. The largest absolute Gasteiger partial charge is 0.480 e. The van der Waals surface area contributed by atoms with E-state index in [0.717, 1.165) is 19.5 Å². The molecule has 2 rings (SSSR count). The Bertz CT molecular complexity index is 259. The van der Waals surface area contributed by atoms with Crippen molar-refractivity contribution in [3.8, 4) is 0 Å². The summed E-state index contributed by atoms with van der Waals surface area (Å²) in [6.45, 7) is 3.99. The van der Waals surface area contributed by atoms with Gasteiger partial charge in [0.05, 0.1) is 0 Å². The molecule has 92 valence electrons. The van der Waals surface area contributed by atoms with Crippen molar-refractivity contribution in [3.63, 3.8) is 0 Å². The van der Waals surface area contributed by atoms with E-state index in [4.69, 9.17) is 0 Å². The zero-order chi connectivity index (χ0) is 11.6. The molecular formula is C13H23NO2. The SMILES string of the molecule is CCC(C(=O)O)N1CCC2(CCCCC2)C1. The summed E-state index contributed by atoms with van der Waals surface area (Å²) in [5, 5.41) is 9.18. The van der Waals surface area contributed by atoms with Gasteiger partial charge in [0.25, 0.3) is 0 Å². The lowest BCUT2D eigenvalue weighted by molar-refractivity contribution is -0.143. The molecule has 0 amide bonds. The van der Waals surface area contributed by atoms with E-state index in [-0.39, 0.29) is 6.04 Å². The molecule has 3 heteroatoms. The highest BCUT2D eigenvalue weighted by Crippen LogP contribution is 2.44. The standard InChI is InChI=1S/C13H23NO2/c1-2-11(12(15)16)14-9-8-13(10-14)6-4-3-5-7-13/h11H,2-10H2,1H3,(H,15,16). The maximum Gasteiger partial charge on any atom is 0.320 e. The molecule has 1 atom stereocenters. The number of carboxylic acid groups (broad SMARTS) is 1. The molecule has 2 fully saturated rings. The van der Waals surface area contributed by atoms with Crippen molar-refractivity contribution in [2.75, 3.05) is 13.1 Å². The summed E-state index contributed by atoms with van der Waals surface area (Å²) in [7, 11) is 0. The Morgan fingerprint density at radius 3 is 2.56 bits per heavy atom. The first-order chi connectivity index (χ1) is 7.67. The smallest absolute Gasteiger partial charge is 0.320 e. The average Bonchev–Trinajstić information content (AvgIpc) is 2.64. The highest BCUT2D eigenvalue weighted by atomic mass is 16.4. The molecule has 0 aromatic rings. The lowest BCUT2D eigenvalue weighted by Crippen LogP contribution is -2.41. The Hall–Kier alpha value is -0.570. The van der Waals surface area contributed by atoms with Crippen LogP contribution in [0.3, 0.4) is 0 Å². The van der Waals surface area contributed by atoms with Crippen LogP contribution < -0.4 is 0 Å². The Kier molecular flexibility index (Phi) is 3.53. The van der Waals surface area contributed by atoms with E-state index in [0.29, 0.717) is 5.41 Å². The third-order valence-corrected chi connectivity index (χ3v) is 4.49. The number of aliphatic carboxylic acids is 1. The fourth-order valence-corrected chi connectivity index (χ4v) is 3.53. The molecule has 0 aromatic heterocycles. The van der Waals surface area contributed by atoms with Gasteiger partial charge in [-0.15, -0.1) is 0 Å². The molecule has 1 N–H and O–H groups in total. The third-order valence-electron chi connectivity index (χ3n) is 4.49. The van der Waals surface area contributed by atoms with Crippen LogP contribution in [0, 0.1) is 5.41 Å². The normalized spacial score (nSPS) is 27.1. The Morgan fingerprint density at radius 2 is 2.00 bits per heavy atom. The number of rotatable bonds is 3. The summed E-state index contributed by atoms with van der Waals surface area (Å²) in [5.74, 6) is -0.643. The molecule has 1 aliphatic carbocycles. The van der Waals surface area contributed by atoms with Crippen molar-refractivity contribution in [2.45, 2.75) is 57.9 Å². The number of likely N-dealkylation sites (tertiary alicyclic amines) is 1. The number of hydrogen-bond acceptors (Lipinski definition) is 2. The average molecular weight is 225 g/mol. The van der Waals surface area contributed by atoms with E-state index in [2.05, 4.69) is 4.90 Å². The lowest BCUT2D eigenvalue weighted by atomic mass is 9.73. The van der Waals surface area contributed by atoms with Crippen molar-refractivity contribution >= 4 is 5.97 Å². The van der Waals surface area contributed by atoms with Crippen LogP contribution in [0.4, 0.5) is 0 Å². The minimum Gasteiger partial charge on any atom is -0.480 e. The summed E-state index contributed by atoms with van der Waals surface area (Å²) >= 11 is 0. The maximum atomic E-state index is 11.1. The summed E-state index contributed by atoms with van der Waals surface area (Å²) in [5.41, 5.74) is 0.473. The van der Waals surface area contributed by atoms with Gasteiger partial charge in [-0.2, -0.15) is 0 Å². The zero-order valence-electron chi connectivity index (χ0n) is 10.2. The maximum absolute atomic E-state index is 11.1.